The lowest BCUT2D eigenvalue weighted by atomic mass is 9.93. The number of hydrogen-bond donors (Lipinski definition) is 3. The van der Waals surface area contributed by atoms with Crippen LogP contribution in [-0.2, 0) is 52.8 Å². The van der Waals surface area contributed by atoms with E-state index in [1.807, 2.05) is 54.6 Å². The molecule has 0 spiro atoms. The number of carboxylic acid groups (broad SMARTS) is 2. The number of nitrogens with zero attached hydrogens (tertiary/aromatic N) is 1. The van der Waals surface area contributed by atoms with E-state index in [2.05, 4.69) is 5.32 Å². The Morgan fingerprint density at radius 3 is 2.05 bits per heavy atom. The molecule has 2 aromatic rings. The highest BCUT2D eigenvalue weighted by atomic mass is 16.5. The topological polar surface area (TPSA) is 160 Å². The van der Waals surface area contributed by atoms with Gasteiger partial charge in [0.2, 0.25) is 5.91 Å². The van der Waals surface area contributed by atoms with E-state index < -0.39 is 36.0 Å². The van der Waals surface area contributed by atoms with Crippen molar-refractivity contribution in [1.82, 2.24) is 10.2 Å². The molecule has 11 nitrogen and oxygen atoms in total. The van der Waals surface area contributed by atoms with Gasteiger partial charge in [-0.25, -0.2) is 14.4 Å². The molecule has 1 amide bonds. The Kier molecular flexibility index (Phi) is 13.9. The summed E-state index contributed by atoms with van der Waals surface area (Å²) in [5.41, 5.74) is 3.15. The third-order valence-electron chi connectivity index (χ3n) is 6.42. The second-order valence-electron chi connectivity index (χ2n) is 9.43. The zero-order valence-electron chi connectivity index (χ0n) is 24.0. The normalized spacial score (nSPS) is 15.4. The van der Waals surface area contributed by atoms with E-state index in [1.165, 1.54) is 0 Å². The summed E-state index contributed by atoms with van der Waals surface area (Å²) in [6.07, 6.45) is 2.68. The number of esters is 2. The van der Waals surface area contributed by atoms with Gasteiger partial charge in [-0.2, -0.15) is 0 Å². The highest BCUT2D eigenvalue weighted by molar-refractivity contribution is 5.90. The Morgan fingerprint density at radius 2 is 1.48 bits per heavy atom. The van der Waals surface area contributed by atoms with Crippen molar-refractivity contribution in [2.75, 3.05) is 13.2 Å². The monoisotopic (exact) mass is 582 g/mol. The van der Waals surface area contributed by atoms with Gasteiger partial charge in [0.1, 0.15) is 12.1 Å². The Hall–Kier alpha value is -4.51. The van der Waals surface area contributed by atoms with Crippen molar-refractivity contribution in [2.45, 2.75) is 64.7 Å². The number of benzene rings is 2. The lowest BCUT2D eigenvalue weighted by Gasteiger charge is -2.37. The number of aliphatic carboxylic acids is 2. The van der Waals surface area contributed by atoms with Gasteiger partial charge in [-0.15, -0.1) is 0 Å². The second kappa shape index (κ2) is 17.3. The molecule has 1 aliphatic rings. The average molecular weight is 583 g/mol. The Morgan fingerprint density at radius 1 is 0.905 bits per heavy atom. The number of amides is 1. The molecule has 0 radical (unpaired) electrons. The number of fused-ring (bicyclic) bond motifs is 1. The molecule has 226 valence electrons. The first-order chi connectivity index (χ1) is 20.1. The van der Waals surface area contributed by atoms with Crippen molar-refractivity contribution in [3.63, 3.8) is 0 Å². The van der Waals surface area contributed by atoms with Crippen LogP contribution in [-0.4, -0.2) is 76.2 Å². The van der Waals surface area contributed by atoms with E-state index in [0.29, 0.717) is 38.0 Å². The highest BCUT2D eigenvalue weighted by Gasteiger charge is 2.38. The van der Waals surface area contributed by atoms with Crippen LogP contribution >= 0.6 is 0 Å². The maximum atomic E-state index is 13.5. The van der Waals surface area contributed by atoms with Crippen molar-refractivity contribution < 1.29 is 43.7 Å². The molecule has 2 aromatic carbocycles. The molecule has 42 heavy (non-hydrogen) atoms. The van der Waals surface area contributed by atoms with Crippen molar-refractivity contribution >= 4 is 29.8 Å². The van der Waals surface area contributed by atoms with Crippen LogP contribution in [0.2, 0.25) is 0 Å². The average Bonchev–Trinajstić information content (AvgIpc) is 2.98. The molecule has 0 saturated heterocycles. The van der Waals surface area contributed by atoms with E-state index in [9.17, 15) is 24.0 Å². The van der Waals surface area contributed by atoms with E-state index in [-0.39, 0.29) is 25.1 Å². The first-order valence-corrected chi connectivity index (χ1v) is 13.7. The van der Waals surface area contributed by atoms with E-state index >= 15 is 0 Å². The molecule has 3 atom stereocenters. The van der Waals surface area contributed by atoms with Gasteiger partial charge in [0.15, 0.2) is 0 Å². The van der Waals surface area contributed by atoms with Crippen molar-refractivity contribution in [3.05, 3.63) is 83.4 Å². The van der Waals surface area contributed by atoms with E-state index in [1.54, 1.807) is 25.7 Å². The van der Waals surface area contributed by atoms with Crippen LogP contribution in [0.1, 0.15) is 43.9 Å². The number of ether oxygens (including phenoxy) is 2. The fourth-order valence-electron chi connectivity index (χ4n) is 4.44. The van der Waals surface area contributed by atoms with E-state index in [0.717, 1.165) is 16.7 Å². The van der Waals surface area contributed by atoms with Gasteiger partial charge >= 0.3 is 23.9 Å². The second-order valence-corrected chi connectivity index (χ2v) is 9.43. The maximum absolute atomic E-state index is 13.5. The fraction of sp³-hybridized carbons (Fsp3) is 0.387. The number of rotatable bonds is 12. The van der Waals surface area contributed by atoms with Crippen molar-refractivity contribution in [3.8, 4) is 0 Å². The molecule has 1 aliphatic heterocycles. The van der Waals surface area contributed by atoms with Crippen LogP contribution < -0.4 is 5.32 Å². The molecule has 0 aliphatic carbocycles. The quantitative estimate of drug-likeness (QED) is 0.251. The van der Waals surface area contributed by atoms with Crippen LogP contribution in [0, 0.1) is 0 Å². The summed E-state index contributed by atoms with van der Waals surface area (Å²) in [6.45, 7) is 6.06. The molecule has 0 bridgehead atoms. The minimum absolute atomic E-state index is 0.247. The van der Waals surface area contributed by atoms with Crippen LogP contribution in [0.3, 0.4) is 0 Å². The summed E-state index contributed by atoms with van der Waals surface area (Å²) < 4.78 is 10.5. The zero-order chi connectivity index (χ0) is 31.1. The zero-order valence-corrected chi connectivity index (χ0v) is 24.0. The molecule has 3 N–H and O–H groups in total. The first-order valence-electron chi connectivity index (χ1n) is 13.7. The van der Waals surface area contributed by atoms with Gasteiger partial charge in [-0.3, -0.25) is 14.9 Å². The molecule has 3 rings (SSSR count). The number of nitrogens with one attached hydrogen (secondary N) is 1. The van der Waals surface area contributed by atoms with Gasteiger partial charge in [0.05, 0.1) is 19.3 Å². The minimum Gasteiger partial charge on any atom is -0.478 e. The Labute approximate surface area is 245 Å². The standard InChI is InChI=1S/C27H34N2O5.C4H4O4/c1-4-33-26(31)23(16-15-20-11-7-6-8-12-20)28-19(3)25(30)29-18-22-14-10-9-13-21(22)17-24(29)27(32)34-5-2;5-3(6)1-2-4(7)8/h6-14,19,23-24,28H,4-5,15-18H2,1-3H3;1-2H,(H,5,6)(H,7,8)/b;2-1+/t19-,23?,24-;/m0./s1. The van der Waals surface area contributed by atoms with Crippen LogP contribution in [0.5, 0.6) is 0 Å². The van der Waals surface area contributed by atoms with Crippen LogP contribution in [0.25, 0.3) is 0 Å². The largest absolute Gasteiger partial charge is 0.478 e. The maximum Gasteiger partial charge on any atom is 0.329 e. The number of carbonyl (C=O) groups is 5. The van der Waals surface area contributed by atoms with Gasteiger partial charge in [-0.1, -0.05) is 54.6 Å². The fourth-order valence-corrected chi connectivity index (χ4v) is 4.44. The molecule has 0 saturated carbocycles. The lowest BCUT2D eigenvalue weighted by molar-refractivity contribution is -0.157. The van der Waals surface area contributed by atoms with Crippen molar-refractivity contribution in [1.29, 1.82) is 0 Å². The molecule has 0 aromatic heterocycles. The summed E-state index contributed by atoms with van der Waals surface area (Å²) in [5, 5.41) is 18.8. The summed E-state index contributed by atoms with van der Waals surface area (Å²) in [4.78, 5) is 59.5. The predicted molar refractivity (Wildman–Crippen MR) is 153 cm³/mol. The number of hydrogen-bond acceptors (Lipinski definition) is 8. The molecule has 0 fully saturated rings. The summed E-state index contributed by atoms with van der Waals surface area (Å²) in [5.74, 6) is -3.56. The number of carboxylic acids is 2. The summed E-state index contributed by atoms with van der Waals surface area (Å²) in [7, 11) is 0. The number of carbonyl (C=O) groups excluding carboxylic acids is 3. The SMILES string of the molecule is CCOC(=O)C(CCc1ccccc1)N[C@@H](C)C(=O)N1Cc2ccccc2C[C@H]1C(=O)OCC.O=C(O)/C=C/C(=O)O. The lowest BCUT2D eigenvalue weighted by Crippen LogP contribution is -2.56. The minimum atomic E-state index is -1.26. The third-order valence-corrected chi connectivity index (χ3v) is 6.42. The summed E-state index contributed by atoms with van der Waals surface area (Å²) in [6, 6.07) is 15.6. The van der Waals surface area contributed by atoms with Gasteiger partial charge in [-0.05, 0) is 50.3 Å². The highest BCUT2D eigenvalue weighted by Crippen LogP contribution is 2.25. The molecular formula is C31H38N2O9. The molecule has 11 heteroatoms. The molecule has 1 unspecified atom stereocenters. The van der Waals surface area contributed by atoms with Gasteiger partial charge < -0.3 is 24.6 Å². The predicted octanol–water partition coefficient (Wildman–Crippen LogP) is 2.76. The van der Waals surface area contributed by atoms with Crippen LogP contribution in [0.15, 0.2) is 66.7 Å². The molecule has 1 heterocycles. The van der Waals surface area contributed by atoms with Crippen molar-refractivity contribution in [2.24, 2.45) is 0 Å². The Bertz CT molecular complexity index is 1230. The van der Waals surface area contributed by atoms with Gasteiger partial charge in [0.25, 0.3) is 0 Å². The Balaban J connectivity index is 0.000000675. The number of aryl methyl sites for hydroxylation is 1. The van der Waals surface area contributed by atoms with Crippen LogP contribution in [0.4, 0.5) is 0 Å². The van der Waals surface area contributed by atoms with E-state index in [4.69, 9.17) is 19.7 Å². The van der Waals surface area contributed by atoms with Gasteiger partial charge in [0, 0.05) is 25.1 Å². The smallest absolute Gasteiger partial charge is 0.329 e. The third kappa shape index (κ3) is 10.8. The first kappa shape index (κ1) is 33.7. The molecular weight excluding hydrogens is 544 g/mol. The summed E-state index contributed by atoms with van der Waals surface area (Å²) >= 11 is 0.